The molecule has 3 unspecified atom stereocenters. The molecule has 4 heteroatoms. The van der Waals surface area contributed by atoms with Crippen LogP contribution in [0.5, 0.6) is 0 Å². The van der Waals surface area contributed by atoms with E-state index in [4.69, 9.17) is 0 Å². The zero-order valence-electron chi connectivity index (χ0n) is 10.2. The Bertz CT molecular complexity index is 467. The fraction of sp³-hybridized carbons (Fsp3) is 0.571. The lowest BCUT2D eigenvalue weighted by Crippen LogP contribution is -2.47. The molecule has 1 aromatic carbocycles. The maximum absolute atomic E-state index is 13.1. The van der Waals surface area contributed by atoms with Crippen molar-refractivity contribution in [3.63, 3.8) is 0 Å². The zero-order chi connectivity index (χ0) is 12.8. The van der Waals surface area contributed by atoms with Gasteiger partial charge in [-0.15, -0.1) is 0 Å². The van der Waals surface area contributed by atoms with Gasteiger partial charge in [0, 0.05) is 29.9 Å². The van der Waals surface area contributed by atoms with Gasteiger partial charge in [-0.2, -0.15) is 0 Å². The summed E-state index contributed by atoms with van der Waals surface area (Å²) in [6, 6.07) is 4.72. The second-order valence-corrected chi connectivity index (χ2v) is 6.41. The Morgan fingerprint density at radius 2 is 2.28 bits per heavy atom. The van der Waals surface area contributed by atoms with Crippen LogP contribution in [-0.4, -0.2) is 35.2 Å². The highest BCUT2D eigenvalue weighted by Crippen LogP contribution is 2.38. The van der Waals surface area contributed by atoms with Gasteiger partial charge in [0.05, 0.1) is 5.60 Å². The van der Waals surface area contributed by atoms with Crippen LogP contribution in [0.4, 0.5) is 4.39 Å². The van der Waals surface area contributed by atoms with Crippen LogP contribution in [-0.2, 0) is 6.42 Å². The number of rotatable bonds is 2. The van der Waals surface area contributed by atoms with Crippen LogP contribution in [0.1, 0.15) is 18.4 Å². The molecule has 3 atom stereocenters. The summed E-state index contributed by atoms with van der Waals surface area (Å²) in [6.45, 7) is 3.10. The van der Waals surface area contributed by atoms with Gasteiger partial charge >= 0.3 is 0 Å². The minimum absolute atomic E-state index is 0.242. The van der Waals surface area contributed by atoms with Crippen LogP contribution in [0.3, 0.4) is 0 Å². The van der Waals surface area contributed by atoms with Crippen LogP contribution in [0.2, 0.25) is 0 Å². The molecule has 1 N–H and O–H groups in total. The first-order valence-corrected chi connectivity index (χ1v) is 7.25. The Morgan fingerprint density at radius 1 is 1.44 bits per heavy atom. The number of benzene rings is 1. The van der Waals surface area contributed by atoms with Crippen molar-refractivity contribution in [1.82, 2.24) is 4.90 Å². The molecule has 2 aliphatic heterocycles. The summed E-state index contributed by atoms with van der Waals surface area (Å²) in [4.78, 5) is 2.42. The second kappa shape index (κ2) is 4.58. The molecule has 3 rings (SSSR count). The van der Waals surface area contributed by atoms with Crippen LogP contribution >= 0.6 is 15.9 Å². The van der Waals surface area contributed by atoms with Crippen molar-refractivity contribution >= 4 is 15.9 Å². The van der Waals surface area contributed by atoms with Crippen molar-refractivity contribution in [2.45, 2.75) is 24.9 Å². The van der Waals surface area contributed by atoms with E-state index in [2.05, 4.69) is 20.8 Å². The van der Waals surface area contributed by atoms with E-state index >= 15 is 0 Å². The Balaban J connectivity index is 1.82. The van der Waals surface area contributed by atoms with Gasteiger partial charge in [0.15, 0.2) is 0 Å². The highest BCUT2D eigenvalue weighted by molar-refractivity contribution is 9.10. The highest BCUT2D eigenvalue weighted by Gasteiger charge is 2.44. The van der Waals surface area contributed by atoms with Gasteiger partial charge in [-0.05, 0) is 37.1 Å². The fourth-order valence-electron chi connectivity index (χ4n) is 3.26. The number of piperidine rings is 1. The lowest BCUT2D eigenvalue weighted by atomic mass is 9.78. The first-order valence-electron chi connectivity index (χ1n) is 6.45. The predicted octanol–water partition coefficient (Wildman–Crippen LogP) is 2.59. The molecule has 2 aliphatic rings. The molecular weight excluding hydrogens is 297 g/mol. The van der Waals surface area contributed by atoms with Crippen molar-refractivity contribution in [3.05, 3.63) is 34.1 Å². The van der Waals surface area contributed by atoms with Gasteiger partial charge in [-0.25, -0.2) is 4.39 Å². The van der Waals surface area contributed by atoms with E-state index in [0.717, 1.165) is 42.5 Å². The van der Waals surface area contributed by atoms with E-state index < -0.39 is 5.60 Å². The highest BCUT2D eigenvalue weighted by atomic mass is 79.9. The van der Waals surface area contributed by atoms with E-state index in [1.807, 2.05) is 0 Å². The number of halogens is 2. The SMILES string of the molecule is OC1(Cc2ccc(F)cc2Br)CCN2CCC1C2. The Hall–Kier alpha value is -0.450. The molecule has 98 valence electrons. The Kier molecular flexibility index (Phi) is 3.20. The number of nitrogens with zero attached hydrogens (tertiary/aromatic N) is 1. The molecule has 0 aromatic heterocycles. The molecular formula is C14H17BrFNO. The minimum atomic E-state index is -0.618. The van der Waals surface area contributed by atoms with Crippen LogP contribution in [0.25, 0.3) is 0 Å². The first-order chi connectivity index (χ1) is 8.57. The van der Waals surface area contributed by atoms with Crippen molar-refractivity contribution in [3.8, 4) is 0 Å². The average molecular weight is 314 g/mol. The summed E-state index contributed by atoms with van der Waals surface area (Å²) in [5.74, 6) is 0.122. The molecule has 18 heavy (non-hydrogen) atoms. The van der Waals surface area contributed by atoms with E-state index in [0.29, 0.717) is 12.3 Å². The Morgan fingerprint density at radius 3 is 3.06 bits per heavy atom. The maximum atomic E-state index is 13.1. The molecule has 0 saturated carbocycles. The molecule has 1 aromatic rings. The van der Waals surface area contributed by atoms with Crippen LogP contribution in [0.15, 0.2) is 22.7 Å². The number of hydrogen-bond donors (Lipinski definition) is 1. The summed E-state index contributed by atoms with van der Waals surface area (Å²) in [5, 5.41) is 10.9. The summed E-state index contributed by atoms with van der Waals surface area (Å²) >= 11 is 3.39. The standard InChI is InChI=1S/C14H17BrFNO/c15-13-7-12(16)2-1-10(13)8-14(18)4-6-17-5-3-11(14)9-17/h1-2,7,11,18H,3-6,8-9H2. The number of fused-ring (bicyclic) bond motifs is 2. The van der Waals surface area contributed by atoms with Gasteiger partial charge in [0.1, 0.15) is 5.82 Å². The minimum Gasteiger partial charge on any atom is -0.389 e. The molecule has 0 spiro atoms. The van der Waals surface area contributed by atoms with E-state index in [1.54, 1.807) is 6.07 Å². The van der Waals surface area contributed by atoms with Crippen LogP contribution in [0, 0.1) is 11.7 Å². The molecule has 2 saturated heterocycles. The Labute approximate surface area is 115 Å². The molecule has 0 amide bonds. The molecule has 2 bridgehead atoms. The van der Waals surface area contributed by atoms with E-state index in [-0.39, 0.29) is 5.82 Å². The molecule has 0 radical (unpaired) electrons. The average Bonchev–Trinajstić information content (AvgIpc) is 2.74. The third-order valence-corrected chi connectivity index (χ3v) is 5.14. The predicted molar refractivity (Wildman–Crippen MR) is 71.9 cm³/mol. The van der Waals surface area contributed by atoms with Gasteiger partial charge in [0.2, 0.25) is 0 Å². The van der Waals surface area contributed by atoms with Crippen molar-refractivity contribution in [2.24, 2.45) is 5.92 Å². The maximum Gasteiger partial charge on any atom is 0.124 e. The van der Waals surface area contributed by atoms with Crippen molar-refractivity contribution < 1.29 is 9.50 Å². The molecule has 2 nitrogen and oxygen atoms in total. The lowest BCUT2D eigenvalue weighted by molar-refractivity contribution is -0.0440. The zero-order valence-corrected chi connectivity index (χ0v) is 11.8. The summed E-state index contributed by atoms with van der Waals surface area (Å²) in [7, 11) is 0. The van der Waals surface area contributed by atoms with Gasteiger partial charge in [-0.3, -0.25) is 0 Å². The third-order valence-electron chi connectivity index (χ3n) is 4.40. The van der Waals surface area contributed by atoms with Gasteiger partial charge in [-0.1, -0.05) is 22.0 Å². The number of hydrogen-bond acceptors (Lipinski definition) is 2. The topological polar surface area (TPSA) is 23.5 Å². The van der Waals surface area contributed by atoms with Gasteiger partial charge in [0.25, 0.3) is 0 Å². The van der Waals surface area contributed by atoms with Crippen molar-refractivity contribution in [2.75, 3.05) is 19.6 Å². The normalized spacial score (nSPS) is 34.8. The summed E-state index contributed by atoms with van der Waals surface area (Å²) in [5.41, 5.74) is 0.382. The summed E-state index contributed by atoms with van der Waals surface area (Å²) in [6.07, 6.45) is 2.52. The molecule has 2 fully saturated rings. The monoisotopic (exact) mass is 313 g/mol. The van der Waals surface area contributed by atoms with Gasteiger partial charge < -0.3 is 10.0 Å². The second-order valence-electron chi connectivity index (χ2n) is 5.55. The van der Waals surface area contributed by atoms with E-state index in [1.165, 1.54) is 12.1 Å². The number of aliphatic hydroxyl groups is 1. The molecule has 2 heterocycles. The fourth-order valence-corrected chi connectivity index (χ4v) is 3.75. The quantitative estimate of drug-likeness (QED) is 0.907. The lowest BCUT2D eigenvalue weighted by Gasteiger charge is -2.39. The van der Waals surface area contributed by atoms with E-state index in [9.17, 15) is 9.50 Å². The molecule has 0 aliphatic carbocycles. The smallest absolute Gasteiger partial charge is 0.124 e. The van der Waals surface area contributed by atoms with Crippen LogP contribution < -0.4 is 0 Å². The first kappa shape index (κ1) is 12.6. The largest absolute Gasteiger partial charge is 0.389 e. The summed E-state index contributed by atoms with van der Waals surface area (Å²) < 4.78 is 13.8. The third kappa shape index (κ3) is 2.22. The van der Waals surface area contributed by atoms with Crippen molar-refractivity contribution in [1.29, 1.82) is 0 Å².